The summed E-state index contributed by atoms with van der Waals surface area (Å²) in [6.45, 7) is 4.65. The van der Waals surface area contributed by atoms with Crippen LogP contribution < -0.4 is 15.4 Å². The molecule has 162 valence electrons. The lowest BCUT2D eigenvalue weighted by Gasteiger charge is -2.08. The maximum Gasteiger partial charge on any atom is 0.251 e. The third kappa shape index (κ3) is 6.08. The van der Waals surface area contributed by atoms with Gasteiger partial charge >= 0.3 is 0 Å². The Labute approximate surface area is 185 Å². The van der Waals surface area contributed by atoms with E-state index in [0.29, 0.717) is 28.8 Å². The lowest BCUT2D eigenvalue weighted by atomic mass is 10.1. The minimum atomic E-state index is -0.162. The van der Waals surface area contributed by atoms with Crippen molar-refractivity contribution in [3.05, 3.63) is 65.5 Å². The van der Waals surface area contributed by atoms with Crippen molar-refractivity contribution in [2.75, 3.05) is 17.7 Å². The molecule has 1 heterocycles. The summed E-state index contributed by atoms with van der Waals surface area (Å²) in [5.41, 5.74) is 2.24. The van der Waals surface area contributed by atoms with Gasteiger partial charge < -0.3 is 19.9 Å². The molecule has 8 nitrogen and oxygen atoms in total. The SMILES string of the molecule is CCOc1ccc(NC(=O)CSc2nnc(CNC(=O)c3ccccc3C)n2C)cc1. The number of rotatable bonds is 9. The van der Waals surface area contributed by atoms with Gasteiger partial charge in [-0.05, 0) is 49.7 Å². The van der Waals surface area contributed by atoms with Crippen molar-refractivity contribution < 1.29 is 14.3 Å². The lowest BCUT2D eigenvalue weighted by molar-refractivity contribution is -0.113. The molecule has 0 spiro atoms. The Kier molecular flexibility index (Phi) is 7.66. The van der Waals surface area contributed by atoms with Crippen molar-refractivity contribution in [2.24, 2.45) is 7.05 Å². The van der Waals surface area contributed by atoms with Gasteiger partial charge in [-0.2, -0.15) is 0 Å². The smallest absolute Gasteiger partial charge is 0.251 e. The van der Waals surface area contributed by atoms with E-state index in [-0.39, 0.29) is 24.1 Å². The Hall–Kier alpha value is -3.33. The highest BCUT2D eigenvalue weighted by Gasteiger charge is 2.14. The van der Waals surface area contributed by atoms with Crippen molar-refractivity contribution in [2.45, 2.75) is 25.5 Å². The van der Waals surface area contributed by atoms with Gasteiger partial charge in [-0.15, -0.1) is 10.2 Å². The fourth-order valence-electron chi connectivity index (χ4n) is 2.84. The minimum absolute atomic E-state index is 0.147. The second kappa shape index (κ2) is 10.6. The van der Waals surface area contributed by atoms with Crippen LogP contribution in [0, 0.1) is 6.92 Å². The molecule has 0 radical (unpaired) electrons. The number of amides is 2. The van der Waals surface area contributed by atoms with E-state index in [1.165, 1.54) is 11.8 Å². The number of ether oxygens (including phenoxy) is 1. The number of carbonyl (C=O) groups excluding carboxylic acids is 2. The van der Waals surface area contributed by atoms with E-state index in [1.807, 2.05) is 51.2 Å². The molecule has 0 fully saturated rings. The molecule has 0 atom stereocenters. The van der Waals surface area contributed by atoms with Crippen LogP contribution in [0.3, 0.4) is 0 Å². The van der Waals surface area contributed by atoms with E-state index in [1.54, 1.807) is 22.8 Å². The van der Waals surface area contributed by atoms with Crippen molar-refractivity contribution >= 4 is 29.3 Å². The molecule has 2 aromatic carbocycles. The Bertz CT molecular complexity index is 1050. The van der Waals surface area contributed by atoms with Crippen molar-refractivity contribution in [1.29, 1.82) is 0 Å². The van der Waals surface area contributed by atoms with Gasteiger partial charge in [0.1, 0.15) is 5.75 Å². The first-order valence-electron chi connectivity index (χ1n) is 9.85. The number of anilines is 1. The number of aromatic nitrogens is 3. The van der Waals surface area contributed by atoms with Crippen LogP contribution in [0.2, 0.25) is 0 Å². The molecule has 0 aliphatic carbocycles. The van der Waals surface area contributed by atoms with E-state index in [0.717, 1.165) is 11.3 Å². The molecular weight excluding hydrogens is 414 g/mol. The third-order valence-electron chi connectivity index (χ3n) is 4.50. The molecule has 0 bridgehead atoms. The average Bonchev–Trinajstić information content (AvgIpc) is 3.12. The standard InChI is InChI=1S/C22H25N5O3S/c1-4-30-17-11-9-16(10-12-17)24-20(28)14-31-22-26-25-19(27(22)3)13-23-21(29)18-8-6-5-7-15(18)2/h5-12H,4,13-14H2,1-3H3,(H,23,29)(H,24,28). The second-order valence-electron chi connectivity index (χ2n) is 6.75. The summed E-state index contributed by atoms with van der Waals surface area (Å²) < 4.78 is 7.16. The van der Waals surface area contributed by atoms with Gasteiger partial charge in [0.15, 0.2) is 11.0 Å². The first kappa shape index (κ1) is 22.4. The molecule has 0 unspecified atom stereocenters. The Balaban J connectivity index is 1.50. The number of hydrogen-bond donors (Lipinski definition) is 2. The zero-order valence-corrected chi connectivity index (χ0v) is 18.5. The molecule has 0 aliphatic rings. The predicted molar refractivity (Wildman–Crippen MR) is 120 cm³/mol. The predicted octanol–water partition coefficient (Wildman–Crippen LogP) is 3.18. The number of thioether (sulfide) groups is 1. The van der Waals surface area contributed by atoms with Gasteiger partial charge in [-0.25, -0.2) is 0 Å². The fraction of sp³-hybridized carbons (Fsp3) is 0.273. The zero-order chi connectivity index (χ0) is 22.2. The average molecular weight is 440 g/mol. The maximum absolute atomic E-state index is 12.4. The quantitative estimate of drug-likeness (QED) is 0.497. The van der Waals surface area contributed by atoms with Gasteiger partial charge in [0.2, 0.25) is 5.91 Å². The molecule has 2 N–H and O–H groups in total. The monoisotopic (exact) mass is 439 g/mol. The van der Waals surface area contributed by atoms with Gasteiger partial charge in [0.05, 0.1) is 18.9 Å². The van der Waals surface area contributed by atoms with Crippen LogP contribution in [0.15, 0.2) is 53.7 Å². The van der Waals surface area contributed by atoms with Crippen LogP contribution in [0.5, 0.6) is 5.75 Å². The van der Waals surface area contributed by atoms with Crippen LogP contribution in [0.25, 0.3) is 0 Å². The zero-order valence-electron chi connectivity index (χ0n) is 17.7. The normalized spacial score (nSPS) is 10.5. The number of carbonyl (C=O) groups is 2. The first-order valence-corrected chi connectivity index (χ1v) is 10.8. The summed E-state index contributed by atoms with van der Waals surface area (Å²) >= 11 is 1.28. The summed E-state index contributed by atoms with van der Waals surface area (Å²) in [4.78, 5) is 24.6. The molecule has 1 aromatic heterocycles. The largest absolute Gasteiger partial charge is 0.494 e. The maximum atomic E-state index is 12.4. The van der Waals surface area contributed by atoms with Crippen LogP contribution >= 0.6 is 11.8 Å². The molecule has 0 aliphatic heterocycles. The minimum Gasteiger partial charge on any atom is -0.494 e. The number of benzene rings is 2. The number of hydrogen-bond acceptors (Lipinski definition) is 6. The summed E-state index contributed by atoms with van der Waals surface area (Å²) in [7, 11) is 1.81. The fourth-order valence-corrected chi connectivity index (χ4v) is 3.57. The van der Waals surface area contributed by atoms with E-state index >= 15 is 0 Å². The van der Waals surface area contributed by atoms with Crippen molar-refractivity contribution in [1.82, 2.24) is 20.1 Å². The van der Waals surface area contributed by atoms with Crippen molar-refractivity contribution in [3.8, 4) is 5.75 Å². The molecule has 9 heteroatoms. The molecule has 2 amide bonds. The highest BCUT2D eigenvalue weighted by atomic mass is 32.2. The number of nitrogens with one attached hydrogen (secondary N) is 2. The number of nitrogens with zero attached hydrogens (tertiary/aromatic N) is 3. The van der Waals surface area contributed by atoms with Gasteiger partial charge in [-0.1, -0.05) is 30.0 Å². The summed E-state index contributed by atoms with van der Waals surface area (Å²) in [6.07, 6.45) is 0. The van der Waals surface area contributed by atoms with E-state index in [2.05, 4.69) is 20.8 Å². The third-order valence-corrected chi connectivity index (χ3v) is 5.52. The van der Waals surface area contributed by atoms with E-state index in [4.69, 9.17) is 4.74 Å². The summed E-state index contributed by atoms with van der Waals surface area (Å²) in [6, 6.07) is 14.6. The van der Waals surface area contributed by atoms with Crippen LogP contribution in [-0.2, 0) is 18.4 Å². The summed E-state index contributed by atoms with van der Waals surface area (Å²) in [5, 5.41) is 14.5. The Morgan fingerprint density at radius 1 is 1.10 bits per heavy atom. The van der Waals surface area contributed by atoms with Crippen LogP contribution in [0.1, 0.15) is 28.7 Å². The van der Waals surface area contributed by atoms with Gasteiger partial charge in [-0.3, -0.25) is 9.59 Å². The van der Waals surface area contributed by atoms with Crippen molar-refractivity contribution in [3.63, 3.8) is 0 Å². The van der Waals surface area contributed by atoms with Gasteiger partial charge in [0.25, 0.3) is 5.91 Å². The molecule has 3 rings (SSSR count). The molecule has 0 saturated heterocycles. The Morgan fingerprint density at radius 3 is 2.55 bits per heavy atom. The lowest BCUT2D eigenvalue weighted by Crippen LogP contribution is -2.25. The van der Waals surface area contributed by atoms with Crippen LogP contribution in [-0.4, -0.2) is 38.9 Å². The highest BCUT2D eigenvalue weighted by molar-refractivity contribution is 7.99. The first-order chi connectivity index (χ1) is 15.0. The molecule has 0 saturated carbocycles. The molecular formula is C22H25N5O3S. The molecule has 31 heavy (non-hydrogen) atoms. The Morgan fingerprint density at radius 2 is 1.84 bits per heavy atom. The van der Waals surface area contributed by atoms with E-state index in [9.17, 15) is 9.59 Å². The highest BCUT2D eigenvalue weighted by Crippen LogP contribution is 2.18. The van der Waals surface area contributed by atoms with Gasteiger partial charge in [0, 0.05) is 18.3 Å². The molecule has 3 aromatic rings. The second-order valence-corrected chi connectivity index (χ2v) is 7.69. The van der Waals surface area contributed by atoms with Crippen LogP contribution in [0.4, 0.5) is 5.69 Å². The number of aryl methyl sites for hydroxylation is 1. The summed E-state index contributed by atoms with van der Waals surface area (Å²) in [5.74, 6) is 1.25. The van der Waals surface area contributed by atoms with E-state index < -0.39 is 0 Å². The topological polar surface area (TPSA) is 98.1 Å².